The molecule has 0 heterocycles. The van der Waals surface area contributed by atoms with Crippen LogP contribution < -0.4 is 5.43 Å². The highest BCUT2D eigenvalue weighted by molar-refractivity contribution is 7.99. The number of nitrogens with zero attached hydrogens (tertiary/aromatic N) is 1. The van der Waals surface area contributed by atoms with Crippen molar-refractivity contribution in [1.29, 1.82) is 0 Å². The van der Waals surface area contributed by atoms with Gasteiger partial charge in [-0.1, -0.05) is 32.0 Å². The van der Waals surface area contributed by atoms with Crippen LogP contribution in [0.5, 0.6) is 0 Å². The van der Waals surface area contributed by atoms with Crippen LogP contribution in [0.4, 0.5) is 5.69 Å². The molecule has 0 saturated heterocycles. The first-order valence-electron chi connectivity index (χ1n) is 6.94. The van der Waals surface area contributed by atoms with Crippen LogP contribution >= 0.6 is 11.8 Å². The van der Waals surface area contributed by atoms with Crippen molar-refractivity contribution < 1.29 is 9.90 Å². The fraction of sp³-hybridized carbons (Fsp3) is 0.176. The summed E-state index contributed by atoms with van der Waals surface area (Å²) in [6.45, 7) is 4.32. The monoisotopic (exact) mass is 314 g/mol. The Labute approximate surface area is 134 Å². The number of nitrogens with one attached hydrogen (secondary N) is 1. The average molecular weight is 314 g/mol. The first kappa shape index (κ1) is 16.1. The lowest BCUT2D eigenvalue weighted by Crippen LogP contribution is -1.97. The van der Waals surface area contributed by atoms with Crippen molar-refractivity contribution in [2.45, 2.75) is 24.0 Å². The topological polar surface area (TPSA) is 61.7 Å². The second-order valence-corrected chi connectivity index (χ2v) is 6.64. The van der Waals surface area contributed by atoms with Gasteiger partial charge in [0.25, 0.3) is 0 Å². The molecule has 0 spiro atoms. The number of thioether (sulfide) groups is 1. The van der Waals surface area contributed by atoms with Crippen LogP contribution in [0.1, 0.15) is 29.8 Å². The molecular formula is C17H18N2O2S. The predicted octanol–water partition coefficient (Wildman–Crippen LogP) is 4.33. The number of carboxylic acids is 1. The van der Waals surface area contributed by atoms with Crippen LogP contribution in [0.25, 0.3) is 0 Å². The van der Waals surface area contributed by atoms with Crippen molar-refractivity contribution in [2.24, 2.45) is 5.10 Å². The maximum Gasteiger partial charge on any atom is 0.335 e. The average Bonchev–Trinajstić information content (AvgIpc) is 2.49. The van der Waals surface area contributed by atoms with E-state index >= 15 is 0 Å². The number of anilines is 1. The molecule has 0 unspecified atom stereocenters. The van der Waals surface area contributed by atoms with Gasteiger partial charge < -0.3 is 5.11 Å². The van der Waals surface area contributed by atoms with Gasteiger partial charge in [0.05, 0.1) is 17.5 Å². The Balaban J connectivity index is 1.97. The van der Waals surface area contributed by atoms with Gasteiger partial charge in [-0.2, -0.15) is 5.10 Å². The van der Waals surface area contributed by atoms with E-state index in [0.717, 1.165) is 5.56 Å². The zero-order valence-corrected chi connectivity index (χ0v) is 13.3. The summed E-state index contributed by atoms with van der Waals surface area (Å²) in [7, 11) is 0. The highest BCUT2D eigenvalue weighted by atomic mass is 32.2. The largest absolute Gasteiger partial charge is 0.478 e. The van der Waals surface area contributed by atoms with Gasteiger partial charge in [0, 0.05) is 10.1 Å². The van der Waals surface area contributed by atoms with E-state index in [0.29, 0.717) is 10.9 Å². The smallest absolute Gasteiger partial charge is 0.335 e. The van der Waals surface area contributed by atoms with Gasteiger partial charge >= 0.3 is 5.97 Å². The molecule has 4 nitrogen and oxygen atoms in total. The number of carbonyl (C=O) groups is 1. The van der Waals surface area contributed by atoms with E-state index in [-0.39, 0.29) is 5.56 Å². The summed E-state index contributed by atoms with van der Waals surface area (Å²) in [6, 6.07) is 14.7. The molecule has 22 heavy (non-hydrogen) atoms. The Morgan fingerprint density at radius 3 is 2.59 bits per heavy atom. The Morgan fingerprint density at radius 1 is 1.23 bits per heavy atom. The van der Waals surface area contributed by atoms with Crippen LogP contribution in [0.3, 0.4) is 0 Å². The molecule has 0 bridgehead atoms. The van der Waals surface area contributed by atoms with E-state index in [2.05, 4.69) is 36.5 Å². The first-order chi connectivity index (χ1) is 10.5. The predicted molar refractivity (Wildman–Crippen MR) is 92.1 cm³/mol. The molecular weight excluding hydrogens is 296 g/mol. The molecule has 2 aromatic rings. The summed E-state index contributed by atoms with van der Waals surface area (Å²) < 4.78 is 0. The van der Waals surface area contributed by atoms with Crippen molar-refractivity contribution >= 4 is 29.6 Å². The fourth-order valence-electron chi connectivity index (χ4n) is 1.81. The molecule has 0 aliphatic carbocycles. The molecule has 0 fully saturated rings. The first-order valence-corrected chi connectivity index (χ1v) is 7.82. The second-order valence-electron chi connectivity index (χ2n) is 4.99. The van der Waals surface area contributed by atoms with Crippen LogP contribution in [-0.4, -0.2) is 22.5 Å². The van der Waals surface area contributed by atoms with Crippen LogP contribution in [-0.2, 0) is 0 Å². The maximum absolute atomic E-state index is 10.9. The van der Waals surface area contributed by atoms with E-state index in [4.69, 9.17) is 5.11 Å². The fourth-order valence-corrected chi connectivity index (χ4v) is 2.65. The number of rotatable bonds is 6. The number of hydrogen-bond acceptors (Lipinski definition) is 4. The van der Waals surface area contributed by atoms with Crippen molar-refractivity contribution in [3.63, 3.8) is 0 Å². The molecule has 2 rings (SSSR count). The molecule has 0 atom stereocenters. The lowest BCUT2D eigenvalue weighted by molar-refractivity contribution is 0.0697. The summed E-state index contributed by atoms with van der Waals surface area (Å²) >= 11 is 1.82. The van der Waals surface area contributed by atoms with Gasteiger partial charge in [-0.3, -0.25) is 5.43 Å². The third kappa shape index (κ3) is 4.93. The van der Waals surface area contributed by atoms with Crippen molar-refractivity contribution in [3.8, 4) is 0 Å². The number of carboxylic acid groups (broad SMARTS) is 1. The highest BCUT2D eigenvalue weighted by Crippen LogP contribution is 2.22. The third-order valence-corrected chi connectivity index (χ3v) is 3.78. The van der Waals surface area contributed by atoms with E-state index in [1.165, 1.54) is 4.90 Å². The molecule has 0 amide bonds. The van der Waals surface area contributed by atoms with Crippen molar-refractivity contribution in [2.75, 3.05) is 5.43 Å². The Bertz CT molecular complexity index is 667. The Morgan fingerprint density at radius 2 is 1.95 bits per heavy atom. The van der Waals surface area contributed by atoms with Gasteiger partial charge in [-0.25, -0.2) is 4.79 Å². The molecule has 2 N–H and O–H groups in total. The normalized spacial score (nSPS) is 11.0. The number of hydrogen-bond donors (Lipinski definition) is 2. The molecule has 0 aliphatic rings. The molecule has 0 saturated carbocycles. The van der Waals surface area contributed by atoms with E-state index < -0.39 is 5.97 Å². The molecule has 114 valence electrons. The summed E-state index contributed by atoms with van der Waals surface area (Å²) in [4.78, 5) is 12.1. The minimum Gasteiger partial charge on any atom is -0.478 e. The maximum atomic E-state index is 10.9. The molecule has 2 aromatic carbocycles. The van der Waals surface area contributed by atoms with Crippen LogP contribution in [0.15, 0.2) is 58.5 Å². The lowest BCUT2D eigenvalue weighted by atomic mass is 10.2. The van der Waals surface area contributed by atoms with Gasteiger partial charge in [-0.15, -0.1) is 11.8 Å². The zero-order chi connectivity index (χ0) is 15.9. The molecule has 0 aliphatic heterocycles. The van der Waals surface area contributed by atoms with Gasteiger partial charge in [-0.05, 0) is 35.9 Å². The van der Waals surface area contributed by atoms with E-state index in [1.54, 1.807) is 30.5 Å². The zero-order valence-electron chi connectivity index (χ0n) is 12.5. The SMILES string of the molecule is CC(C)Sc1ccc(C=NNc2cccc(C(=O)O)c2)cc1. The third-order valence-electron chi connectivity index (χ3n) is 2.77. The summed E-state index contributed by atoms with van der Waals surface area (Å²) in [6.07, 6.45) is 1.71. The van der Waals surface area contributed by atoms with Crippen molar-refractivity contribution in [3.05, 3.63) is 59.7 Å². The highest BCUT2D eigenvalue weighted by Gasteiger charge is 2.02. The van der Waals surface area contributed by atoms with Crippen molar-refractivity contribution in [1.82, 2.24) is 0 Å². The van der Waals surface area contributed by atoms with Crippen LogP contribution in [0.2, 0.25) is 0 Å². The van der Waals surface area contributed by atoms with Gasteiger partial charge in [0.2, 0.25) is 0 Å². The van der Waals surface area contributed by atoms with E-state index in [9.17, 15) is 4.79 Å². The summed E-state index contributed by atoms with van der Waals surface area (Å²) in [5.74, 6) is -0.953. The Hall–Kier alpha value is -2.27. The minimum atomic E-state index is -0.953. The second kappa shape index (κ2) is 7.66. The summed E-state index contributed by atoms with van der Waals surface area (Å²) in [5, 5.41) is 13.6. The van der Waals surface area contributed by atoms with Gasteiger partial charge in [0.1, 0.15) is 0 Å². The standard InChI is InChI=1S/C17H18N2O2S/c1-12(2)22-16-8-6-13(7-9-16)11-18-19-15-5-3-4-14(10-15)17(20)21/h3-12,19H,1-2H3,(H,20,21). The molecule has 0 aromatic heterocycles. The van der Waals surface area contributed by atoms with Gasteiger partial charge in [0.15, 0.2) is 0 Å². The quantitative estimate of drug-likeness (QED) is 0.473. The molecule has 5 heteroatoms. The van der Waals surface area contributed by atoms with E-state index in [1.807, 2.05) is 23.9 Å². The molecule has 0 radical (unpaired) electrons. The van der Waals surface area contributed by atoms with Crippen LogP contribution in [0, 0.1) is 0 Å². The lowest BCUT2D eigenvalue weighted by Gasteiger charge is -2.04. The summed E-state index contributed by atoms with van der Waals surface area (Å²) in [5.41, 5.74) is 4.69. The number of aromatic carboxylic acids is 1. The number of hydrazone groups is 1. The number of benzene rings is 2. The Kier molecular flexibility index (Phi) is 5.61. The minimum absolute atomic E-state index is 0.232.